The number of aromatic nitrogens is 4. The summed E-state index contributed by atoms with van der Waals surface area (Å²) < 4.78 is 4.54. The number of para-hydroxylation sites is 2. The molecule has 0 saturated carbocycles. The second kappa shape index (κ2) is 9.60. The molecule has 0 aliphatic rings. The van der Waals surface area contributed by atoms with Crippen LogP contribution < -0.4 is 0 Å². The van der Waals surface area contributed by atoms with Gasteiger partial charge in [0.1, 0.15) is 5.82 Å². The first-order valence-corrected chi connectivity index (χ1v) is 14.1. The monoisotopic (exact) mass is 532 g/mol. The lowest BCUT2D eigenvalue weighted by atomic mass is 9.96. The van der Waals surface area contributed by atoms with Crippen molar-refractivity contribution in [2.24, 2.45) is 0 Å². The van der Waals surface area contributed by atoms with Crippen LogP contribution in [0.4, 0.5) is 0 Å². The van der Waals surface area contributed by atoms with Crippen LogP contribution in [0, 0.1) is 34.6 Å². The fraction of sp³-hybridized carbons (Fsp3) is 0.135. The number of nitrogens with zero attached hydrogens (tertiary/aromatic N) is 4. The molecule has 0 bridgehead atoms. The number of hydrogen-bond donors (Lipinski definition) is 0. The molecule has 5 aromatic carbocycles. The first kappa shape index (κ1) is 25.0. The summed E-state index contributed by atoms with van der Waals surface area (Å²) in [4.78, 5) is 0. The molecule has 7 aromatic rings. The maximum atomic E-state index is 4.65. The molecule has 0 amide bonds. The topological polar surface area (TPSA) is 35.6 Å². The van der Waals surface area contributed by atoms with Gasteiger partial charge in [0.05, 0.1) is 16.7 Å². The molecule has 2 heterocycles. The Morgan fingerprint density at radius 3 is 1.61 bits per heavy atom. The zero-order valence-electron chi connectivity index (χ0n) is 24.1. The minimum absolute atomic E-state index is 0.849. The highest BCUT2D eigenvalue weighted by Gasteiger charge is 2.18. The van der Waals surface area contributed by atoms with E-state index in [1.807, 2.05) is 6.92 Å². The summed E-state index contributed by atoms with van der Waals surface area (Å²) in [6.45, 7) is 10.7. The highest BCUT2D eigenvalue weighted by molar-refractivity contribution is 6.09. The van der Waals surface area contributed by atoms with Gasteiger partial charge in [-0.05, 0) is 105 Å². The largest absolute Gasteiger partial charge is 0.309 e. The predicted molar refractivity (Wildman–Crippen MR) is 170 cm³/mol. The number of fused-ring (bicyclic) bond motifs is 3. The van der Waals surface area contributed by atoms with Crippen molar-refractivity contribution in [3.63, 3.8) is 0 Å². The van der Waals surface area contributed by atoms with Crippen molar-refractivity contribution in [3.8, 4) is 33.9 Å². The summed E-state index contributed by atoms with van der Waals surface area (Å²) in [6.07, 6.45) is 0. The molecule has 4 nitrogen and oxygen atoms in total. The van der Waals surface area contributed by atoms with Crippen LogP contribution in [0.1, 0.15) is 28.1 Å². The number of rotatable bonds is 4. The van der Waals surface area contributed by atoms with Crippen molar-refractivity contribution in [2.45, 2.75) is 34.6 Å². The zero-order valence-corrected chi connectivity index (χ0v) is 24.1. The third-order valence-electron chi connectivity index (χ3n) is 8.06. The highest BCUT2D eigenvalue weighted by Crippen LogP contribution is 2.34. The van der Waals surface area contributed by atoms with Crippen molar-refractivity contribution in [3.05, 3.63) is 131 Å². The average Bonchev–Trinajstić information content (AvgIpc) is 3.50. The molecule has 200 valence electrons. The van der Waals surface area contributed by atoms with Crippen LogP contribution in [0.5, 0.6) is 0 Å². The third-order valence-corrected chi connectivity index (χ3v) is 8.06. The Morgan fingerprint density at radius 2 is 1.02 bits per heavy atom. The Labute approximate surface area is 240 Å². The summed E-state index contributed by atoms with van der Waals surface area (Å²) >= 11 is 0. The standard InChI is InChI=1S/C37H32N4/c1-23-18-24(2)20-29(19-23)30-21-25(3)36(26(4)22-30)40-27(5)38-39-37(40)28-14-16-31(17-15-28)41-34-12-8-6-10-32(34)33-11-7-9-13-35(33)41/h6-22H,1-5H3. The maximum Gasteiger partial charge on any atom is 0.168 e. The molecule has 0 radical (unpaired) electrons. The molecule has 0 aliphatic heterocycles. The van der Waals surface area contributed by atoms with E-state index in [0.29, 0.717) is 0 Å². The molecule has 0 unspecified atom stereocenters. The van der Waals surface area contributed by atoms with Crippen molar-refractivity contribution in [1.82, 2.24) is 19.3 Å². The van der Waals surface area contributed by atoms with Crippen LogP contribution in [0.3, 0.4) is 0 Å². The van der Waals surface area contributed by atoms with Crippen molar-refractivity contribution in [1.29, 1.82) is 0 Å². The smallest absolute Gasteiger partial charge is 0.168 e. The van der Waals surface area contributed by atoms with Gasteiger partial charge in [0.2, 0.25) is 0 Å². The van der Waals surface area contributed by atoms with E-state index < -0.39 is 0 Å². The normalized spacial score (nSPS) is 11.5. The maximum absolute atomic E-state index is 4.65. The summed E-state index contributed by atoms with van der Waals surface area (Å²) in [7, 11) is 0. The van der Waals surface area contributed by atoms with E-state index in [4.69, 9.17) is 0 Å². The summed E-state index contributed by atoms with van der Waals surface area (Å²) in [6, 6.07) is 37.2. The van der Waals surface area contributed by atoms with Gasteiger partial charge in [0.15, 0.2) is 5.82 Å². The second-order valence-electron chi connectivity index (χ2n) is 11.2. The number of aryl methyl sites for hydroxylation is 5. The summed E-state index contributed by atoms with van der Waals surface area (Å²) in [5.41, 5.74) is 13.1. The van der Waals surface area contributed by atoms with Crippen molar-refractivity contribution in [2.75, 3.05) is 0 Å². The Bertz CT molecular complexity index is 1990. The van der Waals surface area contributed by atoms with Crippen LogP contribution in [-0.2, 0) is 0 Å². The first-order chi connectivity index (χ1) is 19.9. The molecule has 0 spiro atoms. The van der Waals surface area contributed by atoms with E-state index in [1.54, 1.807) is 0 Å². The SMILES string of the molecule is Cc1cc(C)cc(-c2cc(C)c(-n3c(C)nnc3-c3ccc(-n4c5ccccc5c5ccccc54)cc3)c(C)c2)c1. The molecule has 0 atom stereocenters. The molecule has 0 aliphatic carbocycles. The van der Waals surface area contributed by atoms with E-state index in [2.05, 4.69) is 150 Å². The summed E-state index contributed by atoms with van der Waals surface area (Å²) in [5.74, 6) is 1.72. The lowest BCUT2D eigenvalue weighted by Crippen LogP contribution is -2.05. The molecular formula is C37H32N4. The molecule has 0 fully saturated rings. The van der Waals surface area contributed by atoms with Gasteiger partial charge in [-0.2, -0.15) is 0 Å². The van der Waals surface area contributed by atoms with Crippen LogP contribution in [-0.4, -0.2) is 19.3 Å². The van der Waals surface area contributed by atoms with Gasteiger partial charge in [-0.3, -0.25) is 4.57 Å². The van der Waals surface area contributed by atoms with Crippen molar-refractivity contribution >= 4 is 21.8 Å². The third kappa shape index (κ3) is 4.15. The van der Waals surface area contributed by atoms with E-state index in [0.717, 1.165) is 28.6 Å². The van der Waals surface area contributed by atoms with Crippen LogP contribution >= 0.6 is 0 Å². The van der Waals surface area contributed by atoms with Gasteiger partial charge in [-0.15, -0.1) is 10.2 Å². The minimum Gasteiger partial charge on any atom is -0.309 e. The van der Waals surface area contributed by atoms with Gasteiger partial charge < -0.3 is 4.57 Å². The molecular weight excluding hydrogens is 500 g/mol. The highest BCUT2D eigenvalue weighted by atomic mass is 15.3. The second-order valence-corrected chi connectivity index (χ2v) is 11.2. The van der Waals surface area contributed by atoms with Gasteiger partial charge in [-0.25, -0.2) is 0 Å². The van der Waals surface area contributed by atoms with E-state index >= 15 is 0 Å². The Kier molecular flexibility index (Phi) is 5.86. The van der Waals surface area contributed by atoms with Gasteiger partial charge in [0.25, 0.3) is 0 Å². The number of hydrogen-bond acceptors (Lipinski definition) is 2. The van der Waals surface area contributed by atoms with E-state index in [1.165, 1.54) is 55.2 Å². The predicted octanol–water partition coefficient (Wildman–Crippen LogP) is 9.24. The molecule has 0 saturated heterocycles. The minimum atomic E-state index is 0.849. The molecule has 0 N–H and O–H groups in total. The first-order valence-electron chi connectivity index (χ1n) is 14.1. The van der Waals surface area contributed by atoms with E-state index in [-0.39, 0.29) is 0 Å². The van der Waals surface area contributed by atoms with E-state index in [9.17, 15) is 0 Å². The molecule has 7 rings (SSSR count). The Balaban J connectivity index is 1.32. The average molecular weight is 533 g/mol. The quantitative estimate of drug-likeness (QED) is 0.226. The zero-order chi connectivity index (χ0) is 28.2. The van der Waals surface area contributed by atoms with Crippen LogP contribution in [0.2, 0.25) is 0 Å². The van der Waals surface area contributed by atoms with Crippen LogP contribution in [0.25, 0.3) is 55.7 Å². The Morgan fingerprint density at radius 1 is 0.488 bits per heavy atom. The fourth-order valence-corrected chi connectivity index (χ4v) is 6.39. The van der Waals surface area contributed by atoms with Gasteiger partial charge in [-0.1, -0.05) is 65.7 Å². The lowest BCUT2D eigenvalue weighted by molar-refractivity contribution is 0.955. The van der Waals surface area contributed by atoms with Gasteiger partial charge >= 0.3 is 0 Å². The lowest BCUT2D eigenvalue weighted by Gasteiger charge is -2.17. The number of benzene rings is 5. The fourth-order valence-electron chi connectivity index (χ4n) is 6.39. The van der Waals surface area contributed by atoms with Crippen LogP contribution in [0.15, 0.2) is 103 Å². The van der Waals surface area contributed by atoms with Crippen molar-refractivity contribution < 1.29 is 0 Å². The molecule has 4 heteroatoms. The Hall–Kier alpha value is -4.96. The molecule has 41 heavy (non-hydrogen) atoms. The van der Waals surface area contributed by atoms with Gasteiger partial charge in [0, 0.05) is 22.0 Å². The summed E-state index contributed by atoms with van der Waals surface area (Å²) in [5, 5.41) is 11.7. The molecule has 2 aromatic heterocycles.